The highest BCUT2D eigenvalue weighted by molar-refractivity contribution is 7.11. The van der Waals surface area contributed by atoms with Gasteiger partial charge < -0.3 is 15.2 Å². The van der Waals surface area contributed by atoms with Gasteiger partial charge in [-0.15, -0.1) is 11.3 Å². The van der Waals surface area contributed by atoms with Crippen LogP contribution in [0.4, 0.5) is 5.82 Å². The topological polar surface area (TPSA) is 73.9 Å². The van der Waals surface area contributed by atoms with E-state index >= 15 is 0 Å². The molecular formula is C15H21N5OS. The number of hydrogen-bond donors (Lipinski definition) is 2. The summed E-state index contributed by atoms with van der Waals surface area (Å²) in [6.45, 7) is 6.64. The molecule has 2 aromatic rings. The van der Waals surface area contributed by atoms with Crippen LogP contribution < -0.4 is 15.8 Å². The number of aromatic amines is 1. The Morgan fingerprint density at radius 1 is 1.50 bits per heavy atom. The van der Waals surface area contributed by atoms with E-state index in [0.717, 1.165) is 43.2 Å². The van der Waals surface area contributed by atoms with Gasteiger partial charge in [-0.05, 0) is 26.7 Å². The molecule has 22 heavy (non-hydrogen) atoms. The van der Waals surface area contributed by atoms with Crippen molar-refractivity contribution in [2.24, 2.45) is 0 Å². The van der Waals surface area contributed by atoms with Gasteiger partial charge in [-0.2, -0.15) is 0 Å². The molecule has 2 N–H and O–H groups in total. The minimum absolute atomic E-state index is 0.114. The fraction of sp³-hybridized carbons (Fsp3) is 0.533. The lowest BCUT2D eigenvalue weighted by atomic mass is 10.1. The lowest BCUT2D eigenvalue weighted by molar-refractivity contribution is 0.420. The molecule has 1 aliphatic heterocycles. The Bertz CT molecular complexity index is 695. The van der Waals surface area contributed by atoms with Crippen molar-refractivity contribution in [3.05, 3.63) is 38.3 Å². The zero-order valence-electron chi connectivity index (χ0n) is 12.9. The Kier molecular flexibility index (Phi) is 4.54. The van der Waals surface area contributed by atoms with Gasteiger partial charge in [-0.1, -0.05) is 0 Å². The van der Waals surface area contributed by atoms with Crippen molar-refractivity contribution in [2.45, 2.75) is 39.3 Å². The third kappa shape index (κ3) is 3.36. The van der Waals surface area contributed by atoms with Crippen LogP contribution in [0.1, 0.15) is 28.4 Å². The molecule has 1 aliphatic rings. The summed E-state index contributed by atoms with van der Waals surface area (Å²) < 4.78 is 0. The van der Waals surface area contributed by atoms with E-state index in [9.17, 15) is 4.79 Å². The number of piperidine rings is 1. The van der Waals surface area contributed by atoms with E-state index in [2.05, 4.69) is 32.1 Å². The Hall–Kier alpha value is -1.73. The van der Waals surface area contributed by atoms with E-state index in [0.29, 0.717) is 11.9 Å². The number of rotatable bonds is 4. The van der Waals surface area contributed by atoms with Crippen LogP contribution in [0.2, 0.25) is 0 Å². The Morgan fingerprint density at radius 2 is 2.36 bits per heavy atom. The van der Waals surface area contributed by atoms with E-state index in [4.69, 9.17) is 0 Å². The predicted molar refractivity (Wildman–Crippen MR) is 88.5 cm³/mol. The molecule has 1 atom stereocenters. The molecule has 7 heteroatoms. The summed E-state index contributed by atoms with van der Waals surface area (Å²) in [6, 6.07) is 0.372. The number of nitrogens with one attached hydrogen (secondary N) is 2. The maximum Gasteiger partial charge on any atom is 0.290 e. The first-order chi connectivity index (χ1) is 10.6. The summed E-state index contributed by atoms with van der Waals surface area (Å²) in [5.41, 5.74) is 1.00. The van der Waals surface area contributed by atoms with E-state index < -0.39 is 0 Å². The number of anilines is 1. The molecule has 0 aromatic carbocycles. The number of thiazole rings is 1. The average molecular weight is 319 g/mol. The van der Waals surface area contributed by atoms with Crippen LogP contribution in [-0.2, 0) is 6.54 Å². The number of aryl methyl sites for hydroxylation is 2. The standard InChI is InChI=1S/C15H21N5OS/c1-10-13(22-11(2)19-10)8-18-12-4-3-7-20(9-12)14-15(21)17-6-5-16-14/h5-6,12,18H,3-4,7-9H2,1-2H3,(H,17,21)/t12-/m0/s1. The summed E-state index contributed by atoms with van der Waals surface area (Å²) in [5, 5.41) is 4.71. The van der Waals surface area contributed by atoms with Crippen molar-refractivity contribution in [2.75, 3.05) is 18.0 Å². The molecule has 0 unspecified atom stereocenters. The van der Waals surface area contributed by atoms with Gasteiger partial charge in [0.2, 0.25) is 0 Å². The molecule has 118 valence electrons. The second-order valence-corrected chi connectivity index (χ2v) is 6.94. The predicted octanol–water partition coefficient (Wildman–Crippen LogP) is 1.60. The van der Waals surface area contributed by atoms with Crippen molar-refractivity contribution in [3.63, 3.8) is 0 Å². The van der Waals surface area contributed by atoms with Crippen LogP contribution in [0.5, 0.6) is 0 Å². The van der Waals surface area contributed by atoms with Crippen LogP contribution in [0.15, 0.2) is 17.2 Å². The van der Waals surface area contributed by atoms with Crippen molar-refractivity contribution < 1.29 is 0 Å². The molecule has 1 saturated heterocycles. The van der Waals surface area contributed by atoms with Crippen molar-refractivity contribution in [1.29, 1.82) is 0 Å². The lowest BCUT2D eigenvalue weighted by Crippen LogP contribution is -2.47. The number of hydrogen-bond acceptors (Lipinski definition) is 6. The van der Waals surface area contributed by atoms with Crippen LogP contribution in [0.25, 0.3) is 0 Å². The summed E-state index contributed by atoms with van der Waals surface area (Å²) in [7, 11) is 0. The van der Waals surface area contributed by atoms with Gasteiger partial charge in [0, 0.05) is 42.9 Å². The van der Waals surface area contributed by atoms with Gasteiger partial charge in [-0.25, -0.2) is 9.97 Å². The molecule has 0 saturated carbocycles. The normalized spacial score (nSPS) is 18.6. The second kappa shape index (κ2) is 6.58. The number of aromatic nitrogens is 3. The molecule has 2 aromatic heterocycles. The van der Waals surface area contributed by atoms with Gasteiger partial charge in [0.25, 0.3) is 5.56 Å². The van der Waals surface area contributed by atoms with E-state index in [1.54, 1.807) is 23.7 Å². The van der Waals surface area contributed by atoms with Crippen LogP contribution >= 0.6 is 11.3 Å². The van der Waals surface area contributed by atoms with Gasteiger partial charge in [0.05, 0.1) is 10.7 Å². The highest BCUT2D eigenvalue weighted by Crippen LogP contribution is 2.19. The fourth-order valence-corrected chi connectivity index (χ4v) is 3.77. The van der Waals surface area contributed by atoms with Crippen molar-refractivity contribution >= 4 is 17.2 Å². The average Bonchev–Trinajstić information content (AvgIpc) is 2.84. The molecule has 3 heterocycles. The molecule has 3 rings (SSSR count). The van der Waals surface area contributed by atoms with Gasteiger partial charge in [-0.3, -0.25) is 4.79 Å². The lowest BCUT2D eigenvalue weighted by Gasteiger charge is -2.33. The monoisotopic (exact) mass is 319 g/mol. The van der Waals surface area contributed by atoms with E-state index in [1.165, 1.54) is 4.88 Å². The molecule has 0 aliphatic carbocycles. The summed E-state index contributed by atoms with van der Waals surface area (Å²) >= 11 is 1.75. The summed E-state index contributed by atoms with van der Waals surface area (Å²) in [6.07, 6.45) is 5.39. The summed E-state index contributed by atoms with van der Waals surface area (Å²) in [5.74, 6) is 0.527. The highest BCUT2D eigenvalue weighted by atomic mass is 32.1. The SMILES string of the molecule is Cc1nc(C)c(CN[C@H]2CCCN(c3ncc[nH]c3=O)C2)s1. The highest BCUT2D eigenvalue weighted by Gasteiger charge is 2.22. The summed E-state index contributed by atoms with van der Waals surface area (Å²) in [4.78, 5) is 26.6. The maximum atomic E-state index is 11.9. The minimum Gasteiger partial charge on any atom is -0.350 e. The quantitative estimate of drug-likeness (QED) is 0.895. The molecule has 0 radical (unpaired) electrons. The third-order valence-electron chi connectivity index (χ3n) is 3.96. The van der Waals surface area contributed by atoms with Crippen molar-refractivity contribution in [3.8, 4) is 0 Å². The second-order valence-electron chi connectivity index (χ2n) is 5.65. The Labute approximate surface area is 133 Å². The molecule has 0 bridgehead atoms. The number of nitrogens with zero attached hydrogens (tertiary/aromatic N) is 3. The zero-order valence-corrected chi connectivity index (χ0v) is 13.7. The van der Waals surface area contributed by atoms with Crippen LogP contribution in [0, 0.1) is 13.8 Å². The Balaban J connectivity index is 1.62. The van der Waals surface area contributed by atoms with E-state index in [-0.39, 0.29) is 5.56 Å². The first-order valence-electron chi connectivity index (χ1n) is 7.58. The number of H-pyrrole nitrogens is 1. The molecule has 1 fully saturated rings. The van der Waals surface area contributed by atoms with Gasteiger partial charge >= 0.3 is 0 Å². The van der Waals surface area contributed by atoms with Gasteiger partial charge in [0.1, 0.15) is 0 Å². The molecular weight excluding hydrogens is 298 g/mol. The van der Waals surface area contributed by atoms with Crippen molar-refractivity contribution in [1.82, 2.24) is 20.3 Å². The van der Waals surface area contributed by atoms with Crippen LogP contribution in [-0.4, -0.2) is 34.1 Å². The smallest absolute Gasteiger partial charge is 0.290 e. The van der Waals surface area contributed by atoms with Gasteiger partial charge in [0.15, 0.2) is 5.82 Å². The zero-order chi connectivity index (χ0) is 15.5. The van der Waals surface area contributed by atoms with Crippen LogP contribution in [0.3, 0.4) is 0 Å². The molecule has 0 spiro atoms. The molecule has 0 amide bonds. The third-order valence-corrected chi connectivity index (χ3v) is 5.03. The maximum absolute atomic E-state index is 11.9. The Morgan fingerprint density at radius 3 is 3.09 bits per heavy atom. The fourth-order valence-electron chi connectivity index (χ4n) is 2.88. The largest absolute Gasteiger partial charge is 0.350 e. The molecule has 6 nitrogen and oxygen atoms in total. The first kappa shape index (κ1) is 15.2. The van der Waals surface area contributed by atoms with E-state index in [1.807, 2.05) is 6.92 Å². The first-order valence-corrected chi connectivity index (χ1v) is 8.40. The minimum atomic E-state index is -0.114.